The van der Waals surface area contributed by atoms with Crippen molar-refractivity contribution in [2.24, 2.45) is 0 Å². The predicted octanol–water partition coefficient (Wildman–Crippen LogP) is 1.97. The van der Waals surface area contributed by atoms with Crippen molar-refractivity contribution in [3.8, 4) is 5.75 Å². The number of benzene rings is 2. The molecule has 0 aliphatic carbocycles. The van der Waals surface area contributed by atoms with E-state index in [1.807, 2.05) is 0 Å². The van der Waals surface area contributed by atoms with Gasteiger partial charge < -0.3 is 9.84 Å². The zero-order valence-electron chi connectivity index (χ0n) is 16.5. The van der Waals surface area contributed by atoms with Crippen LogP contribution >= 0.6 is 0 Å². The molecule has 2 N–H and O–H groups in total. The maximum absolute atomic E-state index is 13.3. The highest BCUT2D eigenvalue weighted by Crippen LogP contribution is 2.37. The first-order valence-electron chi connectivity index (χ1n) is 9.07. The first-order valence-corrected chi connectivity index (χ1v) is 12.4. The molecule has 0 radical (unpaired) electrons. The van der Waals surface area contributed by atoms with Crippen LogP contribution in [0.15, 0.2) is 41.3 Å². The molecule has 0 amide bonds. The lowest BCUT2D eigenvalue weighted by Gasteiger charge is -2.31. The molecule has 9 nitrogen and oxygen atoms in total. The third kappa shape index (κ3) is 4.68. The van der Waals surface area contributed by atoms with Crippen molar-refractivity contribution in [3.05, 3.63) is 47.5 Å². The van der Waals surface area contributed by atoms with Gasteiger partial charge >= 0.3 is 5.97 Å². The van der Waals surface area contributed by atoms with Crippen LogP contribution in [0.2, 0.25) is 0 Å². The number of anilines is 2. The largest absolute Gasteiger partial charge is 0.482 e. The molecule has 0 fully saturated rings. The molecule has 0 atom stereocenters. The molecule has 162 valence electrons. The van der Waals surface area contributed by atoms with Crippen LogP contribution < -0.4 is 13.8 Å². The van der Waals surface area contributed by atoms with E-state index < -0.39 is 32.6 Å². The van der Waals surface area contributed by atoms with Crippen LogP contribution in [0.4, 0.5) is 11.4 Å². The molecule has 0 spiro atoms. The maximum Gasteiger partial charge on any atom is 0.341 e. The van der Waals surface area contributed by atoms with Gasteiger partial charge in [-0.2, -0.15) is 0 Å². The number of aliphatic carboxylic acids is 1. The summed E-state index contributed by atoms with van der Waals surface area (Å²) in [5.74, 6) is -0.843. The Bertz CT molecular complexity index is 1190. The van der Waals surface area contributed by atoms with Gasteiger partial charge in [-0.15, -0.1) is 0 Å². The average molecular weight is 455 g/mol. The van der Waals surface area contributed by atoms with Crippen LogP contribution in [0.5, 0.6) is 5.75 Å². The first kappa shape index (κ1) is 21.9. The van der Waals surface area contributed by atoms with E-state index in [9.17, 15) is 21.6 Å². The Kier molecular flexibility index (Phi) is 5.95. The van der Waals surface area contributed by atoms with Gasteiger partial charge in [0.2, 0.25) is 10.0 Å². The molecule has 2 aromatic carbocycles. The SMILES string of the molecule is Cc1cc(S(=O)(=O)N2CCCc3c(NS(C)(=O)=O)cccc32)ccc1OCC(=O)O. The summed E-state index contributed by atoms with van der Waals surface area (Å²) in [4.78, 5) is 10.7. The van der Waals surface area contributed by atoms with E-state index in [4.69, 9.17) is 9.84 Å². The minimum atomic E-state index is -3.92. The molecule has 0 bridgehead atoms. The number of aryl methyl sites for hydroxylation is 1. The molecule has 0 saturated heterocycles. The number of hydrogen-bond acceptors (Lipinski definition) is 6. The number of carbonyl (C=O) groups is 1. The summed E-state index contributed by atoms with van der Waals surface area (Å²) in [6.45, 7) is 1.37. The number of nitrogens with zero attached hydrogens (tertiary/aromatic N) is 1. The third-order valence-electron chi connectivity index (χ3n) is 4.59. The zero-order valence-corrected chi connectivity index (χ0v) is 18.1. The number of hydrogen-bond donors (Lipinski definition) is 2. The van der Waals surface area contributed by atoms with E-state index in [2.05, 4.69) is 4.72 Å². The number of rotatable bonds is 7. The van der Waals surface area contributed by atoms with E-state index in [1.54, 1.807) is 25.1 Å². The van der Waals surface area contributed by atoms with Crippen LogP contribution in [0.3, 0.4) is 0 Å². The molecular weight excluding hydrogens is 432 g/mol. The van der Waals surface area contributed by atoms with Crippen molar-refractivity contribution in [1.29, 1.82) is 0 Å². The summed E-state index contributed by atoms with van der Waals surface area (Å²) in [5.41, 5.74) is 1.90. The number of ether oxygens (including phenoxy) is 1. The molecule has 1 heterocycles. The fourth-order valence-electron chi connectivity index (χ4n) is 3.35. The standard InChI is InChI=1S/C19H22N2O7S2/c1-13-11-14(8-9-18(13)28-12-19(22)23)30(26,27)21-10-4-5-15-16(20-29(2,24)25)6-3-7-17(15)21/h3,6-9,11,20H,4-5,10,12H2,1-2H3,(H,22,23). The summed E-state index contributed by atoms with van der Waals surface area (Å²) >= 11 is 0. The lowest BCUT2D eigenvalue weighted by molar-refractivity contribution is -0.139. The quantitative estimate of drug-likeness (QED) is 0.654. The van der Waals surface area contributed by atoms with Crippen LogP contribution in [-0.4, -0.2) is 47.3 Å². The van der Waals surface area contributed by atoms with Crippen molar-refractivity contribution in [2.45, 2.75) is 24.7 Å². The van der Waals surface area contributed by atoms with Crippen molar-refractivity contribution >= 4 is 37.4 Å². The lowest BCUT2D eigenvalue weighted by atomic mass is 10.0. The normalized spacial score (nSPS) is 14.1. The zero-order chi connectivity index (χ0) is 22.1. The summed E-state index contributed by atoms with van der Waals surface area (Å²) in [6, 6.07) is 9.09. The fourth-order valence-corrected chi connectivity index (χ4v) is 5.56. The Morgan fingerprint density at radius 3 is 2.57 bits per heavy atom. The smallest absolute Gasteiger partial charge is 0.341 e. The first-order chi connectivity index (χ1) is 14.0. The predicted molar refractivity (Wildman–Crippen MR) is 112 cm³/mol. The van der Waals surface area contributed by atoms with Gasteiger partial charge in [0.1, 0.15) is 5.75 Å². The van der Waals surface area contributed by atoms with E-state index in [0.29, 0.717) is 35.3 Å². The Morgan fingerprint density at radius 1 is 1.20 bits per heavy atom. The number of carboxylic acid groups (broad SMARTS) is 1. The van der Waals surface area contributed by atoms with Crippen molar-refractivity contribution in [1.82, 2.24) is 0 Å². The van der Waals surface area contributed by atoms with E-state index >= 15 is 0 Å². The summed E-state index contributed by atoms with van der Waals surface area (Å²) in [6.07, 6.45) is 2.12. The van der Waals surface area contributed by atoms with Crippen LogP contribution in [-0.2, 0) is 31.3 Å². The molecule has 3 rings (SSSR count). The highest BCUT2D eigenvalue weighted by Gasteiger charge is 2.31. The van der Waals surface area contributed by atoms with Gasteiger partial charge in [-0.3, -0.25) is 9.03 Å². The monoisotopic (exact) mass is 454 g/mol. The van der Waals surface area contributed by atoms with Gasteiger partial charge in [0.15, 0.2) is 6.61 Å². The second-order valence-corrected chi connectivity index (χ2v) is 10.6. The maximum atomic E-state index is 13.3. The van der Waals surface area contributed by atoms with Gasteiger partial charge in [-0.05, 0) is 55.7 Å². The fraction of sp³-hybridized carbons (Fsp3) is 0.316. The number of fused-ring (bicyclic) bond motifs is 1. The van der Waals surface area contributed by atoms with Gasteiger partial charge in [-0.1, -0.05) is 6.07 Å². The van der Waals surface area contributed by atoms with Gasteiger partial charge in [-0.25, -0.2) is 21.6 Å². The molecule has 0 aromatic heterocycles. The summed E-state index contributed by atoms with van der Waals surface area (Å²) in [5, 5.41) is 8.74. The van der Waals surface area contributed by atoms with Crippen LogP contribution in [0.25, 0.3) is 0 Å². The Hall–Kier alpha value is -2.79. The van der Waals surface area contributed by atoms with E-state index in [-0.39, 0.29) is 17.2 Å². The molecule has 1 aliphatic heterocycles. The van der Waals surface area contributed by atoms with E-state index in [1.165, 1.54) is 22.5 Å². The number of carboxylic acids is 1. The number of sulfonamides is 2. The topological polar surface area (TPSA) is 130 Å². The number of nitrogens with one attached hydrogen (secondary N) is 1. The molecular formula is C19H22N2O7S2. The van der Waals surface area contributed by atoms with Crippen molar-refractivity contribution in [2.75, 3.05) is 28.4 Å². The lowest BCUT2D eigenvalue weighted by Crippen LogP contribution is -2.36. The Balaban J connectivity index is 1.98. The second kappa shape index (κ2) is 8.15. The Morgan fingerprint density at radius 2 is 1.93 bits per heavy atom. The summed E-state index contributed by atoms with van der Waals surface area (Å²) < 4.78 is 58.8. The second-order valence-electron chi connectivity index (χ2n) is 6.97. The van der Waals surface area contributed by atoms with E-state index in [0.717, 1.165) is 6.26 Å². The van der Waals surface area contributed by atoms with Crippen LogP contribution in [0, 0.1) is 6.92 Å². The molecule has 1 aliphatic rings. The molecule has 0 saturated carbocycles. The van der Waals surface area contributed by atoms with Gasteiger partial charge in [0, 0.05) is 12.1 Å². The van der Waals surface area contributed by atoms with Crippen molar-refractivity contribution in [3.63, 3.8) is 0 Å². The Labute approximate surface area is 175 Å². The third-order valence-corrected chi connectivity index (χ3v) is 6.99. The molecule has 2 aromatic rings. The molecule has 0 unspecified atom stereocenters. The minimum Gasteiger partial charge on any atom is -0.482 e. The molecule has 30 heavy (non-hydrogen) atoms. The van der Waals surface area contributed by atoms with Gasteiger partial charge in [0.05, 0.1) is 22.5 Å². The highest BCUT2D eigenvalue weighted by molar-refractivity contribution is 7.93. The van der Waals surface area contributed by atoms with Gasteiger partial charge in [0.25, 0.3) is 10.0 Å². The summed E-state index contributed by atoms with van der Waals surface area (Å²) in [7, 11) is -7.43. The minimum absolute atomic E-state index is 0.0389. The highest BCUT2D eigenvalue weighted by atomic mass is 32.2. The molecule has 11 heteroatoms. The van der Waals surface area contributed by atoms with Crippen LogP contribution in [0.1, 0.15) is 17.5 Å². The van der Waals surface area contributed by atoms with Crippen molar-refractivity contribution < 1.29 is 31.5 Å². The average Bonchev–Trinajstić information content (AvgIpc) is 2.65.